The highest BCUT2D eigenvalue weighted by molar-refractivity contribution is 6.00. The van der Waals surface area contributed by atoms with Crippen molar-refractivity contribution in [2.75, 3.05) is 13.7 Å². The summed E-state index contributed by atoms with van der Waals surface area (Å²) in [5.41, 5.74) is 2.75. The topological polar surface area (TPSA) is 101 Å². The summed E-state index contributed by atoms with van der Waals surface area (Å²) in [5, 5.41) is 11.7. The highest BCUT2D eigenvalue weighted by atomic mass is 16.3. The summed E-state index contributed by atoms with van der Waals surface area (Å²) in [4.78, 5) is 42.3. The van der Waals surface area contributed by atoms with Crippen LogP contribution in [0.25, 0.3) is 0 Å². The van der Waals surface area contributed by atoms with Crippen molar-refractivity contribution >= 4 is 23.6 Å². The molecule has 0 saturated heterocycles. The number of aromatic nitrogens is 1. The van der Waals surface area contributed by atoms with Gasteiger partial charge in [0.25, 0.3) is 11.5 Å². The summed E-state index contributed by atoms with van der Waals surface area (Å²) in [7, 11) is 1.46. The molecule has 2 atom stereocenters. The molecular weight excluding hydrogens is 370 g/mol. The van der Waals surface area contributed by atoms with Crippen LogP contribution in [0.1, 0.15) is 44.7 Å². The van der Waals surface area contributed by atoms with E-state index in [1.807, 2.05) is 24.4 Å². The average molecular weight is 393 g/mol. The number of rotatable bonds is 7. The summed E-state index contributed by atoms with van der Waals surface area (Å²) >= 11 is 0. The maximum atomic E-state index is 12.9. The molecule has 1 aliphatic heterocycles. The van der Waals surface area contributed by atoms with Crippen LogP contribution in [0.2, 0.25) is 0 Å². The number of Topliss-reactive ketones (excluding diaryl/α,β-unsaturated/α-hetero) is 1. The number of hydrogen-bond donors (Lipinski definition) is 2. The molecule has 1 aromatic carbocycles. The maximum absolute atomic E-state index is 12.9. The van der Waals surface area contributed by atoms with E-state index in [0.717, 1.165) is 23.2 Å². The third-order valence-electron chi connectivity index (χ3n) is 5.75. The van der Waals surface area contributed by atoms with Gasteiger partial charge in [0, 0.05) is 44.5 Å². The molecule has 2 aliphatic rings. The van der Waals surface area contributed by atoms with E-state index in [1.165, 1.54) is 17.7 Å². The van der Waals surface area contributed by atoms with Gasteiger partial charge < -0.3 is 15.0 Å². The summed E-state index contributed by atoms with van der Waals surface area (Å²) in [6.45, 7) is 0.349. The van der Waals surface area contributed by atoms with Gasteiger partial charge in [0.15, 0.2) is 5.78 Å². The molecule has 4 rings (SSSR count). The quantitative estimate of drug-likeness (QED) is 0.700. The number of pyridine rings is 1. The van der Waals surface area contributed by atoms with Crippen LogP contribution in [0.4, 0.5) is 5.69 Å². The number of aliphatic imine (C=N–C) groups is 1. The molecule has 29 heavy (non-hydrogen) atoms. The first-order valence-corrected chi connectivity index (χ1v) is 9.75. The molecule has 150 valence electrons. The molecule has 7 nitrogen and oxygen atoms in total. The molecule has 1 amide bonds. The Hall–Kier alpha value is -3.06. The van der Waals surface area contributed by atoms with E-state index in [2.05, 4.69) is 10.3 Å². The largest absolute Gasteiger partial charge is 0.396 e. The lowest BCUT2D eigenvalue weighted by Gasteiger charge is -2.13. The van der Waals surface area contributed by atoms with Gasteiger partial charge in [-0.25, -0.2) is 0 Å². The maximum Gasteiger partial charge on any atom is 0.263 e. The Bertz CT molecular complexity index is 1070. The summed E-state index contributed by atoms with van der Waals surface area (Å²) in [6, 6.07) is 7.13. The SMILES string of the molecule is CNC(=O)c1cc(C(=O)C[C@@H]2C[C@H]2CO)cn(Cc2cccc3c2CC=N3)c1=O. The lowest BCUT2D eigenvalue weighted by atomic mass is 10.0. The van der Waals surface area contributed by atoms with Crippen LogP contribution < -0.4 is 10.9 Å². The number of fused-ring (bicyclic) bond motifs is 1. The fourth-order valence-corrected chi connectivity index (χ4v) is 3.89. The van der Waals surface area contributed by atoms with Crippen molar-refractivity contribution in [1.29, 1.82) is 0 Å². The minimum absolute atomic E-state index is 0.0447. The number of amides is 1. The zero-order chi connectivity index (χ0) is 20.5. The first kappa shape index (κ1) is 19.3. The molecule has 2 N–H and O–H groups in total. The summed E-state index contributed by atoms with van der Waals surface area (Å²) < 4.78 is 1.43. The van der Waals surface area contributed by atoms with E-state index in [4.69, 9.17) is 0 Å². The van der Waals surface area contributed by atoms with E-state index >= 15 is 0 Å². The normalized spacial score (nSPS) is 19.1. The van der Waals surface area contributed by atoms with Crippen LogP contribution in [0.15, 0.2) is 40.2 Å². The fourth-order valence-electron chi connectivity index (χ4n) is 3.89. The van der Waals surface area contributed by atoms with Crippen LogP contribution in [-0.2, 0) is 13.0 Å². The Kier molecular flexibility index (Phi) is 5.15. The van der Waals surface area contributed by atoms with Crippen molar-refractivity contribution in [2.45, 2.75) is 25.8 Å². The number of nitrogens with one attached hydrogen (secondary N) is 1. The zero-order valence-electron chi connectivity index (χ0n) is 16.2. The van der Waals surface area contributed by atoms with Crippen molar-refractivity contribution in [3.05, 3.63) is 63.1 Å². The van der Waals surface area contributed by atoms with Crippen LogP contribution in [0, 0.1) is 11.8 Å². The molecular formula is C22H23N3O4. The molecule has 2 aromatic rings. The van der Waals surface area contributed by atoms with Crippen LogP contribution in [-0.4, -0.2) is 41.2 Å². The molecule has 0 spiro atoms. The fraction of sp³-hybridized carbons (Fsp3) is 0.364. The molecule has 1 aliphatic carbocycles. The predicted molar refractivity (Wildman–Crippen MR) is 109 cm³/mol. The third kappa shape index (κ3) is 3.78. The lowest BCUT2D eigenvalue weighted by molar-refractivity contribution is 0.0961. The van der Waals surface area contributed by atoms with Crippen molar-refractivity contribution < 1.29 is 14.7 Å². The summed E-state index contributed by atoms with van der Waals surface area (Å²) in [6.07, 6.45) is 5.22. The van der Waals surface area contributed by atoms with Gasteiger partial charge in [0.2, 0.25) is 0 Å². The van der Waals surface area contributed by atoms with Crippen molar-refractivity contribution in [3.8, 4) is 0 Å². The van der Waals surface area contributed by atoms with Crippen LogP contribution >= 0.6 is 0 Å². The van der Waals surface area contributed by atoms with Gasteiger partial charge in [-0.15, -0.1) is 0 Å². The molecule has 1 aromatic heterocycles. The van der Waals surface area contributed by atoms with Crippen LogP contribution in [0.5, 0.6) is 0 Å². The molecule has 7 heteroatoms. The number of carbonyl (C=O) groups is 2. The highest BCUT2D eigenvalue weighted by Crippen LogP contribution is 2.41. The standard InChI is InChI=1S/C22H23N3O4/c1-23-21(28)18-8-15(20(27)9-14-7-16(14)12-26)11-25(22(18)29)10-13-3-2-4-19-17(13)5-6-24-19/h2-4,6,8,11,14,16,26H,5,7,9-10,12H2,1H3,(H,23,28)/t14-,16-/m0/s1. The minimum Gasteiger partial charge on any atom is -0.396 e. The molecule has 2 heterocycles. The Labute approximate surface area is 168 Å². The number of nitrogens with zero attached hydrogens (tertiary/aromatic N) is 2. The van der Waals surface area contributed by atoms with E-state index in [1.54, 1.807) is 6.20 Å². The van der Waals surface area contributed by atoms with Gasteiger partial charge >= 0.3 is 0 Å². The first-order valence-electron chi connectivity index (χ1n) is 9.75. The average Bonchev–Trinajstić information content (AvgIpc) is 3.29. The van der Waals surface area contributed by atoms with Crippen molar-refractivity contribution in [1.82, 2.24) is 9.88 Å². The monoisotopic (exact) mass is 393 g/mol. The Morgan fingerprint density at radius 2 is 2.14 bits per heavy atom. The van der Waals surface area contributed by atoms with E-state index < -0.39 is 11.5 Å². The van der Waals surface area contributed by atoms with Gasteiger partial charge in [-0.2, -0.15) is 0 Å². The van der Waals surface area contributed by atoms with E-state index in [0.29, 0.717) is 18.4 Å². The van der Waals surface area contributed by atoms with E-state index in [9.17, 15) is 19.5 Å². The molecule has 1 fully saturated rings. The number of hydrogen-bond acceptors (Lipinski definition) is 5. The van der Waals surface area contributed by atoms with Gasteiger partial charge in [-0.3, -0.25) is 19.4 Å². The number of benzene rings is 1. The van der Waals surface area contributed by atoms with Gasteiger partial charge in [-0.05, 0) is 41.5 Å². The van der Waals surface area contributed by atoms with Crippen molar-refractivity contribution in [2.24, 2.45) is 16.8 Å². The lowest BCUT2D eigenvalue weighted by Crippen LogP contribution is -2.32. The predicted octanol–water partition coefficient (Wildman–Crippen LogP) is 1.72. The Balaban J connectivity index is 1.69. The summed E-state index contributed by atoms with van der Waals surface area (Å²) in [5.74, 6) is -0.285. The highest BCUT2D eigenvalue weighted by Gasteiger charge is 2.38. The zero-order valence-corrected chi connectivity index (χ0v) is 16.2. The third-order valence-corrected chi connectivity index (χ3v) is 5.75. The molecule has 1 saturated carbocycles. The molecule has 0 unspecified atom stereocenters. The van der Waals surface area contributed by atoms with Gasteiger partial charge in [0.05, 0.1) is 12.2 Å². The molecule has 0 bridgehead atoms. The second-order valence-electron chi connectivity index (χ2n) is 7.65. The van der Waals surface area contributed by atoms with E-state index in [-0.39, 0.29) is 36.3 Å². The van der Waals surface area contributed by atoms with Crippen molar-refractivity contribution in [3.63, 3.8) is 0 Å². The Morgan fingerprint density at radius 1 is 1.31 bits per heavy atom. The number of aliphatic hydroxyl groups excluding tert-OH is 1. The van der Waals surface area contributed by atoms with Crippen LogP contribution in [0.3, 0.4) is 0 Å². The smallest absolute Gasteiger partial charge is 0.263 e. The second-order valence-corrected chi connectivity index (χ2v) is 7.65. The van der Waals surface area contributed by atoms with Gasteiger partial charge in [0.1, 0.15) is 5.56 Å². The number of aliphatic hydroxyl groups is 1. The minimum atomic E-state index is -0.514. The number of ketones is 1. The Morgan fingerprint density at radius 3 is 2.86 bits per heavy atom. The number of carbonyl (C=O) groups excluding carboxylic acids is 2. The second kappa shape index (κ2) is 7.75. The molecule has 0 radical (unpaired) electrons. The first-order chi connectivity index (χ1) is 14.0. The van der Waals surface area contributed by atoms with Gasteiger partial charge in [-0.1, -0.05) is 12.1 Å².